The molecular formula is C14H12O6. The molecule has 3 rings (SSSR count). The van der Waals surface area contributed by atoms with Gasteiger partial charge < -0.3 is 19.4 Å². The molecule has 1 aromatic carbocycles. The van der Waals surface area contributed by atoms with Gasteiger partial charge in [0.25, 0.3) is 0 Å². The first-order chi connectivity index (χ1) is 9.35. The number of ether oxygens (including phenoxy) is 1. The summed E-state index contributed by atoms with van der Waals surface area (Å²) in [5.41, 5.74) is -2.04. The summed E-state index contributed by atoms with van der Waals surface area (Å²) in [4.78, 5) is 23.7. The molecule has 0 spiro atoms. The van der Waals surface area contributed by atoms with Crippen molar-refractivity contribution in [2.75, 3.05) is 7.11 Å². The summed E-state index contributed by atoms with van der Waals surface area (Å²) in [5.74, 6) is -0.588. The van der Waals surface area contributed by atoms with Gasteiger partial charge in [-0.15, -0.1) is 0 Å². The summed E-state index contributed by atoms with van der Waals surface area (Å²) in [6.07, 6.45) is -0.164. The van der Waals surface area contributed by atoms with Crippen molar-refractivity contribution >= 4 is 16.6 Å². The topological polar surface area (TPSA) is 97.0 Å². The maximum absolute atomic E-state index is 11.9. The molecular weight excluding hydrogens is 264 g/mol. The van der Waals surface area contributed by atoms with Gasteiger partial charge in [-0.1, -0.05) is 0 Å². The zero-order valence-electron chi connectivity index (χ0n) is 10.9. The molecule has 0 aliphatic heterocycles. The summed E-state index contributed by atoms with van der Waals surface area (Å²) < 4.78 is 10.0. The van der Waals surface area contributed by atoms with Crippen LogP contribution in [0.25, 0.3) is 10.8 Å². The van der Waals surface area contributed by atoms with Crippen molar-refractivity contribution in [3.8, 4) is 11.5 Å². The molecule has 2 N–H and O–H groups in total. The Morgan fingerprint density at radius 2 is 2.05 bits per heavy atom. The highest BCUT2D eigenvalue weighted by Crippen LogP contribution is 2.42. The third kappa shape index (κ3) is 1.55. The predicted octanol–water partition coefficient (Wildman–Crippen LogP) is 1.30. The molecule has 0 fully saturated rings. The largest absolute Gasteiger partial charge is 0.507 e. The third-order valence-electron chi connectivity index (χ3n) is 3.52. The van der Waals surface area contributed by atoms with Crippen LogP contribution < -0.4 is 10.4 Å². The fraction of sp³-hybridized carbons (Fsp3) is 0.286. The number of hydrogen-bond donors (Lipinski definition) is 2. The number of carbonyl (C=O) groups is 1. The Hall–Kier alpha value is -2.34. The third-order valence-corrected chi connectivity index (χ3v) is 3.52. The zero-order chi connectivity index (χ0) is 14.7. The Kier molecular flexibility index (Phi) is 2.43. The van der Waals surface area contributed by atoms with Crippen LogP contribution in [0.4, 0.5) is 0 Å². The number of phenolic OH excluding ortho intramolecular Hbond substituents is 1. The van der Waals surface area contributed by atoms with Gasteiger partial charge in [-0.2, -0.15) is 0 Å². The highest BCUT2D eigenvalue weighted by atomic mass is 16.5. The predicted molar refractivity (Wildman–Crippen MR) is 69.2 cm³/mol. The minimum atomic E-state index is -1.44. The van der Waals surface area contributed by atoms with Crippen molar-refractivity contribution in [2.24, 2.45) is 0 Å². The lowest BCUT2D eigenvalue weighted by Crippen LogP contribution is -2.18. The molecule has 0 unspecified atom stereocenters. The first kappa shape index (κ1) is 12.7. The van der Waals surface area contributed by atoms with Gasteiger partial charge in [0.15, 0.2) is 5.76 Å². The highest BCUT2D eigenvalue weighted by molar-refractivity contribution is 6.05. The van der Waals surface area contributed by atoms with E-state index in [2.05, 4.69) is 0 Å². The quantitative estimate of drug-likeness (QED) is 0.814. The fourth-order valence-corrected chi connectivity index (χ4v) is 2.66. The second-order valence-electron chi connectivity index (χ2n) is 5.04. The fourth-order valence-electron chi connectivity index (χ4n) is 2.66. The zero-order valence-corrected chi connectivity index (χ0v) is 10.9. The number of fused-ring (bicyclic) bond motifs is 3. The number of rotatable bonds is 1. The number of aromatic hydroxyl groups is 1. The van der Waals surface area contributed by atoms with Gasteiger partial charge in [-0.25, -0.2) is 4.79 Å². The molecule has 1 aliphatic carbocycles. The molecule has 0 bridgehead atoms. The Morgan fingerprint density at radius 3 is 2.70 bits per heavy atom. The maximum Gasteiger partial charge on any atom is 0.348 e. The average molecular weight is 276 g/mol. The van der Waals surface area contributed by atoms with Gasteiger partial charge in [-0.05, 0) is 13.0 Å². The average Bonchev–Trinajstić information content (AvgIpc) is 2.58. The number of methoxy groups -OCH3 is 1. The molecule has 0 saturated heterocycles. The van der Waals surface area contributed by atoms with Gasteiger partial charge in [-0.3, -0.25) is 4.79 Å². The summed E-state index contributed by atoms with van der Waals surface area (Å²) in [5, 5.41) is 20.5. The van der Waals surface area contributed by atoms with Gasteiger partial charge in [0.05, 0.1) is 12.7 Å². The monoisotopic (exact) mass is 276 g/mol. The molecule has 1 atom stereocenters. The number of benzene rings is 1. The molecule has 104 valence electrons. The lowest BCUT2D eigenvalue weighted by atomic mass is 9.95. The van der Waals surface area contributed by atoms with E-state index in [-0.39, 0.29) is 34.3 Å². The van der Waals surface area contributed by atoms with Crippen molar-refractivity contribution in [3.63, 3.8) is 0 Å². The van der Waals surface area contributed by atoms with Crippen molar-refractivity contribution in [1.29, 1.82) is 0 Å². The standard InChI is InChI=1S/C14H12O6/c1-14(18)5-9(16)12-11(14)7-3-6(19-2)4-8(15)10(7)13(17)20-12/h3-4,15,18H,5H2,1-2H3/t14-/m0/s1. The number of Topliss-reactive ketones (excluding diaryl/α,β-unsaturated/α-hetero) is 1. The van der Waals surface area contributed by atoms with Crippen LogP contribution in [-0.4, -0.2) is 23.1 Å². The van der Waals surface area contributed by atoms with Crippen molar-refractivity contribution in [1.82, 2.24) is 0 Å². The van der Waals surface area contributed by atoms with Crippen molar-refractivity contribution < 1.29 is 24.2 Å². The number of hydrogen-bond acceptors (Lipinski definition) is 6. The highest BCUT2D eigenvalue weighted by Gasteiger charge is 2.42. The molecule has 1 aliphatic rings. The van der Waals surface area contributed by atoms with Crippen LogP contribution in [0.5, 0.6) is 11.5 Å². The van der Waals surface area contributed by atoms with Crippen LogP contribution in [0.15, 0.2) is 21.3 Å². The van der Waals surface area contributed by atoms with Crippen LogP contribution in [0, 0.1) is 0 Å². The van der Waals surface area contributed by atoms with Crippen LogP contribution in [0.3, 0.4) is 0 Å². The second kappa shape index (κ2) is 3.83. The van der Waals surface area contributed by atoms with Crippen LogP contribution >= 0.6 is 0 Å². The molecule has 1 heterocycles. The van der Waals surface area contributed by atoms with Crippen LogP contribution in [-0.2, 0) is 5.60 Å². The molecule has 1 aromatic heterocycles. The summed E-state index contributed by atoms with van der Waals surface area (Å²) in [6, 6.07) is 2.77. The van der Waals surface area contributed by atoms with E-state index in [4.69, 9.17) is 9.15 Å². The first-order valence-electron chi connectivity index (χ1n) is 5.99. The van der Waals surface area contributed by atoms with Gasteiger partial charge in [0.1, 0.15) is 16.9 Å². The Morgan fingerprint density at radius 1 is 1.35 bits per heavy atom. The van der Waals surface area contributed by atoms with E-state index >= 15 is 0 Å². The van der Waals surface area contributed by atoms with E-state index in [0.29, 0.717) is 5.75 Å². The molecule has 20 heavy (non-hydrogen) atoms. The number of phenols is 1. The number of aliphatic hydroxyl groups is 1. The second-order valence-corrected chi connectivity index (χ2v) is 5.04. The molecule has 6 heteroatoms. The normalized spacial score (nSPS) is 21.2. The minimum absolute atomic E-state index is 0.0699. The SMILES string of the molecule is COc1cc(O)c2c(=O)oc3c(c2c1)[C@@](C)(O)CC3=O. The van der Waals surface area contributed by atoms with Crippen LogP contribution in [0.2, 0.25) is 0 Å². The van der Waals surface area contributed by atoms with Crippen LogP contribution in [0.1, 0.15) is 29.5 Å². The van der Waals surface area contributed by atoms with Crippen molar-refractivity contribution in [2.45, 2.75) is 18.9 Å². The van der Waals surface area contributed by atoms with Crippen molar-refractivity contribution in [3.05, 3.63) is 33.9 Å². The van der Waals surface area contributed by atoms with E-state index in [1.807, 2.05) is 0 Å². The number of carbonyl (C=O) groups excluding carboxylic acids is 1. The molecule has 2 aromatic rings. The Balaban J connectivity index is 2.55. The summed E-state index contributed by atoms with van der Waals surface area (Å²) in [7, 11) is 1.41. The van der Waals surface area contributed by atoms with E-state index < -0.39 is 17.0 Å². The first-order valence-corrected chi connectivity index (χ1v) is 5.99. The minimum Gasteiger partial charge on any atom is -0.507 e. The van der Waals surface area contributed by atoms with E-state index in [9.17, 15) is 19.8 Å². The summed E-state index contributed by atoms with van der Waals surface area (Å²) >= 11 is 0. The Bertz CT molecular complexity index is 799. The molecule has 0 radical (unpaired) electrons. The number of ketones is 1. The van der Waals surface area contributed by atoms with E-state index in [1.165, 1.54) is 26.2 Å². The maximum atomic E-state index is 11.9. The molecule has 6 nitrogen and oxygen atoms in total. The van der Waals surface area contributed by atoms with E-state index in [1.54, 1.807) is 0 Å². The lowest BCUT2D eigenvalue weighted by Gasteiger charge is -2.18. The molecule has 0 amide bonds. The Labute approximate surface area is 113 Å². The summed E-state index contributed by atoms with van der Waals surface area (Å²) in [6.45, 7) is 1.46. The lowest BCUT2D eigenvalue weighted by molar-refractivity contribution is 0.0544. The molecule has 0 saturated carbocycles. The van der Waals surface area contributed by atoms with Gasteiger partial charge in [0.2, 0.25) is 5.78 Å². The van der Waals surface area contributed by atoms with Gasteiger partial charge in [0, 0.05) is 23.4 Å². The smallest absolute Gasteiger partial charge is 0.348 e. The van der Waals surface area contributed by atoms with E-state index in [0.717, 1.165) is 0 Å². The van der Waals surface area contributed by atoms with Gasteiger partial charge >= 0.3 is 5.63 Å².